The molecule has 0 saturated carbocycles. The molecule has 0 amide bonds. The third-order valence-corrected chi connectivity index (χ3v) is 2.99. The van der Waals surface area contributed by atoms with Crippen molar-refractivity contribution in [2.45, 2.75) is 6.92 Å². The third-order valence-electron chi connectivity index (χ3n) is 2.04. The highest BCUT2D eigenvalue weighted by molar-refractivity contribution is 7.90. The number of nitrogens with two attached hydrogens (primary N) is 1. The molecule has 17 heavy (non-hydrogen) atoms. The molecule has 0 spiro atoms. The Morgan fingerprint density at radius 2 is 2.06 bits per heavy atom. The van der Waals surface area contributed by atoms with Gasteiger partial charge in [0.2, 0.25) is 0 Å². The summed E-state index contributed by atoms with van der Waals surface area (Å²) in [6.07, 6.45) is 1.21. The second kappa shape index (κ2) is 5.77. The maximum atomic E-state index is 11.0. The largest absolute Gasteiger partial charge is 0.494 e. The fourth-order valence-corrected chi connectivity index (χ4v) is 1.83. The summed E-state index contributed by atoms with van der Waals surface area (Å²) < 4.78 is 27.3. The van der Waals surface area contributed by atoms with Crippen LogP contribution in [0.4, 0.5) is 11.4 Å². The predicted octanol–water partition coefficient (Wildman–Crippen LogP) is 1.12. The average Bonchev–Trinajstić information content (AvgIpc) is 2.15. The van der Waals surface area contributed by atoms with Crippen LogP contribution in [0.2, 0.25) is 0 Å². The maximum absolute atomic E-state index is 11.0. The SMILES string of the molecule is CCOc1cc(N)cc(NCCS(C)(=O)=O)c1. The van der Waals surface area contributed by atoms with Crippen LogP contribution in [0.15, 0.2) is 18.2 Å². The molecule has 0 aliphatic carbocycles. The van der Waals surface area contributed by atoms with E-state index in [0.29, 0.717) is 24.6 Å². The Bertz CT molecular complexity index is 472. The van der Waals surface area contributed by atoms with Crippen molar-refractivity contribution in [2.24, 2.45) is 0 Å². The van der Waals surface area contributed by atoms with E-state index in [1.165, 1.54) is 6.26 Å². The van der Waals surface area contributed by atoms with Gasteiger partial charge in [0.05, 0.1) is 12.4 Å². The quantitative estimate of drug-likeness (QED) is 0.747. The molecule has 6 heteroatoms. The van der Waals surface area contributed by atoms with Crippen LogP contribution in [0.1, 0.15) is 6.92 Å². The van der Waals surface area contributed by atoms with E-state index in [4.69, 9.17) is 10.5 Å². The fraction of sp³-hybridized carbons (Fsp3) is 0.455. The Morgan fingerprint density at radius 1 is 1.35 bits per heavy atom. The standard InChI is InChI=1S/C11H18N2O3S/c1-3-16-11-7-9(12)6-10(8-11)13-4-5-17(2,14)15/h6-8,13H,3-5,12H2,1-2H3. The van der Waals surface area contributed by atoms with Crippen molar-refractivity contribution >= 4 is 21.2 Å². The van der Waals surface area contributed by atoms with E-state index >= 15 is 0 Å². The lowest BCUT2D eigenvalue weighted by atomic mass is 10.2. The van der Waals surface area contributed by atoms with Gasteiger partial charge in [-0.2, -0.15) is 0 Å². The molecule has 1 aromatic rings. The number of hydrogen-bond donors (Lipinski definition) is 2. The summed E-state index contributed by atoms with van der Waals surface area (Å²) in [5, 5.41) is 3.00. The lowest BCUT2D eigenvalue weighted by Gasteiger charge is -2.10. The molecule has 0 saturated heterocycles. The van der Waals surface area contributed by atoms with E-state index in [1.807, 2.05) is 6.92 Å². The van der Waals surface area contributed by atoms with Crippen LogP contribution >= 0.6 is 0 Å². The van der Waals surface area contributed by atoms with Gasteiger partial charge in [-0.15, -0.1) is 0 Å². The first kappa shape index (κ1) is 13.6. The first-order valence-electron chi connectivity index (χ1n) is 5.35. The van der Waals surface area contributed by atoms with Crippen LogP contribution in [-0.2, 0) is 9.84 Å². The number of nitrogens with one attached hydrogen (secondary N) is 1. The summed E-state index contributed by atoms with van der Waals surface area (Å²) in [5.74, 6) is 0.764. The van der Waals surface area contributed by atoms with Gasteiger partial charge in [0.25, 0.3) is 0 Å². The summed E-state index contributed by atoms with van der Waals surface area (Å²) >= 11 is 0. The summed E-state index contributed by atoms with van der Waals surface area (Å²) in [5.41, 5.74) is 7.05. The van der Waals surface area contributed by atoms with Crippen molar-refractivity contribution < 1.29 is 13.2 Å². The molecule has 0 heterocycles. The number of anilines is 2. The summed E-state index contributed by atoms with van der Waals surface area (Å²) in [7, 11) is -2.95. The van der Waals surface area contributed by atoms with Gasteiger partial charge in [0.1, 0.15) is 15.6 Å². The Balaban J connectivity index is 2.64. The average molecular weight is 258 g/mol. The van der Waals surface area contributed by atoms with Crippen molar-refractivity contribution in [1.82, 2.24) is 0 Å². The predicted molar refractivity (Wildman–Crippen MR) is 70.2 cm³/mol. The van der Waals surface area contributed by atoms with E-state index < -0.39 is 9.84 Å². The molecule has 0 aromatic heterocycles. The molecule has 0 bridgehead atoms. The molecule has 0 aliphatic rings. The van der Waals surface area contributed by atoms with Gasteiger partial charge in [0.15, 0.2) is 0 Å². The number of nitrogen functional groups attached to an aromatic ring is 1. The van der Waals surface area contributed by atoms with Gasteiger partial charge < -0.3 is 15.8 Å². The minimum absolute atomic E-state index is 0.0891. The third kappa shape index (κ3) is 5.44. The van der Waals surface area contributed by atoms with Crippen LogP contribution in [-0.4, -0.2) is 33.6 Å². The first-order valence-corrected chi connectivity index (χ1v) is 7.41. The molecular weight excluding hydrogens is 240 g/mol. The van der Waals surface area contributed by atoms with Crippen LogP contribution in [0, 0.1) is 0 Å². The van der Waals surface area contributed by atoms with E-state index in [1.54, 1.807) is 18.2 Å². The fourth-order valence-electron chi connectivity index (χ4n) is 1.35. The molecule has 0 unspecified atom stereocenters. The molecule has 0 atom stereocenters. The van der Waals surface area contributed by atoms with Gasteiger partial charge >= 0.3 is 0 Å². The number of rotatable bonds is 6. The van der Waals surface area contributed by atoms with Gasteiger partial charge in [0, 0.05) is 36.3 Å². The highest BCUT2D eigenvalue weighted by atomic mass is 32.2. The molecule has 0 aliphatic heterocycles. The summed E-state index contributed by atoms with van der Waals surface area (Å²) in [4.78, 5) is 0. The second-order valence-electron chi connectivity index (χ2n) is 3.78. The van der Waals surface area contributed by atoms with Gasteiger partial charge in [-0.1, -0.05) is 0 Å². The second-order valence-corrected chi connectivity index (χ2v) is 6.04. The molecule has 0 fully saturated rings. The van der Waals surface area contributed by atoms with Crippen molar-refractivity contribution in [2.75, 3.05) is 36.2 Å². The summed E-state index contributed by atoms with van der Waals surface area (Å²) in [6, 6.07) is 5.26. The normalized spacial score (nSPS) is 11.2. The Kier molecular flexibility index (Phi) is 4.62. The first-order chi connectivity index (χ1) is 7.90. The molecule has 1 aromatic carbocycles. The molecular formula is C11H18N2O3S. The lowest BCUT2D eigenvalue weighted by molar-refractivity contribution is 0.340. The zero-order chi connectivity index (χ0) is 12.9. The number of sulfone groups is 1. The maximum Gasteiger partial charge on any atom is 0.149 e. The highest BCUT2D eigenvalue weighted by Gasteiger charge is 2.03. The number of benzene rings is 1. The molecule has 1 rings (SSSR count). The molecule has 0 radical (unpaired) electrons. The molecule has 3 N–H and O–H groups in total. The van der Waals surface area contributed by atoms with Gasteiger partial charge in [-0.3, -0.25) is 0 Å². The Labute approximate surface area is 102 Å². The minimum Gasteiger partial charge on any atom is -0.494 e. The number of ether oxygens (including phenoxy) is 1. The van der Waals surface area contributed by atoms with E-state index in [2.05, 4.69) is 5.32 Å². The van der Waals surface area contributed by atoms with E-state index in [9.17, 15) is 8.42 Å². The van der Waals surface area contributed by atoms with Crippen LogP contribution in [0.3, 0.4) is 0 Å². The zero-order valence-electron chi connectivity index (χ0n) is 10.1. The summed E-state index contributed by atoms with van der Waals surface area (Å²) in [6.45, 7) is 2.81. The van der Waals surface area contributed by atoms with Gasteiger partial charge in [-0.05, 0) is 13.0 Å². The van der Waals surface area contributed by atoms with Crippen molar-refractivity contribution in [3.8, 4) is 5.75 Å². The monoisotopic (exact) mass is 258 g/mol. The van der Waals surface area contributed by atoms with Crippen molar-refractivity contribution in [3.05, 3.63) is 18.2 Å². The topological polar surface area (TPSA) is 81.4 Å². The lowest BCUT2D eigenvalue weighted by Crippen LogP contribution is -2.14. The molecule has 96 valence electrons. The van der Waals surface area contributed by atoms with Crippen molar-refractivity contribution in [3.63, 3.8) is 0 Å². The minimum atomic E-state index is -2.95. The smallest absolute Gasteiger partial charge is 0.149 e. The Morgan fingerprint density at radius 3 is 2.65 bits per heavy atom. The van der Waals surface area contributed by atoms with E-state index in [0.717, 1.165) is 5.69 Å². The van der Waals surface area contributed by atoms with E-state index in [-0.39, 0.29) is 5.75 Å². The number of hydrogen-bond acceptors (Lipinski definition) is 5. The van der Waals surface area contributed by atoms with Crippen molar-refractivity contribution in [1.29, 1.82) is 0 Å². The zero-order valence-corrected chi connectivity index (χ0v) is 10.9. The van der Waals surface area contributed by atoms with Crippen LogP contribution in [0.5, 0.6) is 5.75 Å². The molecule has 5 nitrogen and oxygen atoms in total. The Hall–Kier alpha value is -1.43. The highest BCUT2D eigenvalue weighted by Crippen LogP contribution is 2.22. The van der Waals surface area contributed by atoms with Crippen LogP contribution in [0.25, 0.3) is 0 Å². The van der Waals surface area contributed by atoms with Crippen LogP contribution < -0.4 is 15.8 Å². The van der Waals surface area contributed by atoms with Gasteiger partial charge in [-0.25, -0.2) is 8.42 Å².